The maximum atomic E-state index is 13.6. The lowest BCUT2D eigenvalue weighted by Crippen LogP contribution is -2.29. The minimum Gasteiger partial charge on any atom is -0.507 e. The summed E-state index contributed by atoms with van der Waals surface area (Å²) < 4.78 is 17.7. The van der Waals surface area contributed by atoms with Gasteiger partial charge in [-0.2, -0.15) is 0 Å². The first-order chi connectivity index (χ1) is 22.9. The van der Waals surface area contributed by atoms with Crippen LogP contribution in [0, 0.1) is 6.92 Å². The van der Waals surface area contributed by atoms with Crippen molar-refractivity contribution in [2.75, 3.05) is 7.11 Å². The molecule has 1 aliphatic rings. The monoisotopic (exact) mass is 626 g/mol. The number of nitrogens with zero attached hydrogens (tertiary/aromatic N) is 2. The molecule has 1 N–H and O–H groups in total. The smallest absolute Gasteiger partial charge is 0.295 e. The van der Waals surface area contributed by atoms with Gasteiger partial charge in [0.15, 0.2) is 11.5 Å². The van der Waals surface area contributed by atoms with Gasteiger partial charge in [0.05, 0.1) is 18.7 Å². The molecule has 1 fully saturated rings. The molecule has 0 saturated carbocycles. The van der Waals surface area contributed by atoms with Crippen LogP contribution >= 0.6 is 0 Å². The van der Waals surface area contributed by atoms with Gasteiger partial charge in [0.1, 0.15) is 24.7 Å². The topological polar surface area (TPSA) is 98.2 Å². The van der Waals surface area contributed by atoms with Crippen LogP contribution in [-0.4, -0.2) is 33.8 Å². The van der Waals surface area contributed by atoms with Crippen molar-refractivity contribution in [3.63, 3.8) is 0 Å². The van der Waals surface area contributed by atoms with E-state index in [1.807, 2.05) is 61.5 Å². The number of ketones is 1. The number of pyridine rings is 1. The van der Waals surface area contributed by atoms with Crippen LogP contribution in [0.15, 0.2) is 127 Å². The normalized spacial score (nSPS) is 15.4. The summed E-state index contributed by atoms with van der Waals surface area (Å²) in [6.45, 7) is 2.86. The number of aromatic nitrogens is 1. The van der Waals surface area contributed by atoms with E-state index in [4.69, 9.17) is 14.2 Å². The molecule has 236 valence electrons. The molecule has 0 bridgehead atoms. The predicted molar refractivity (Wildman–Crippen MR) is 178 cm³/mol. The molecule has 1 unspecified atom stereocenters. The van der Waals surface area contributed by atoms with Crippen molar-refractivity contribution in [1.29, 1.82) is 0 Å². The van der Waals surface area contributed by atoms with E-state index >= 15 is 0 Å². The largest absolute Gasteiger partial charge is 0.507 e. The van der Waals surface area contributed by atoms with Gasteiger partial charge in [0, 0.05) is 24.5 Å². The summed E-state index contributed by atoms with van der Waals surface area (Å²) >= 11 is 0. The SMILES string of the molecule is COc1cc(C2C(=C(O)c3ccc(OCc4cccc(C)c4)cc3)C(=O)C(=O)N2Cc2cccnc2)ccc1OCc1ccccc1. The highest BCUT2D eigenvalue weighted by atomic mass is 16.5. The van der Waals surface area contributed by atoms with Gasteiger partial charge in [-0.3, -0.25) is 14.6 Å². The second-order valence-corrected chi connectivity index (χ2v) is 11.3. The number of hydrogen-bond donors (Lipinski definition) is 1. The minimum atomic E-state index is -0.899. The van der Waals surface area contributed by atoms with Gasteiger partial charge >= 0.3 is 0 Å². The highest BCUT2D eigenvalue weighted by molar-refractivity contribution is 6.46. The third-order valence-electron chi connectivity index (χ3n) is 7.97. The Hall–Kier alpha value is -5.89. The molecule has 0 aliphatic carbocycles. The third-order valence-corrected chi connectivity index (χ3v) is 7.97. The number of Topliss-reactive ketones (excluding diaryl/α,β-unsaturated/α-hetero) is 1. The average molecular weight is 627 g/mol. The first-order valence-electron chi connectivity index (χ1n) is 15.2. The maximum Gasteiger partial charge on any atom is 0.295 e. The highest BCUT2D eigenvalue weighted by Gasteiger charge is 2.46. The molecule has 1 atom stereocenters. The van der Waals surface area contributed by atoms with Crippen molar-refractivity contribution in [2.45, 2.75) is 32.7 Å². The van der Waals surface area contributed by atoms with Gasteiger partial charge in [0.2, 0.25) is 0 Å². The third kappa shape index (κ3) is 7.02. The van der Waals surface area contributed by atoms with Crippen LogP contribution in [0.1, 0.15) is 39.4 Å². The fraction of sp³-hybridized carbons (Fsp3) is 0.154. The van der Waals surface area contributed by atoms with Crippen LogP contribution in [0.3, 0.4) is 0 Å². The van der Waals surface area contributed by atoms with E-state index in [0.29, 0.717) is 41.6 Å². The van der Waals surface area contributed by atoms with Gasteiger partial charge in [-0.05, 0) is 71.6 Å². The number of amides is 1. The van der Waals surface area contributed by atoms with E-state index in [1.165, 1.54) is 12.0 Å². The first-order valence-corrected chi connectivity index (χ1v) is 15.2. The van der Waals surface area contributed by atoms with Gasteiger partial charge in [-0.25, -0.2) is 0 Å². The van der Waals surface area contributed by atoms with Crippen molar-refractivity contribution in [1.82, 2.24) is 9.88 Å². The molecular weight excluding hydrogens is 592 g/mol. The molecular formula is C39H34N2O6. The Morgan fingerprint density at radius 3 is 2.26 bits per heavy atom. The van der Waals surface area contributed by atoms with Crippen LogP contribution in [0.25, 0.3) is 5.76 Å². The lowest BCUT2D eigenvalue weighted by atomic mass is 9.94. The number of carbonyl (C=O) groups is 2. The van der Waals surface area contributed by atoms with Gasteiger partial charge < -0.3 is 24.2 Å². The number of benzene rings is 4. The van der Waals surface area contributed by atoms with E-state index in [0.717, 1.165) is 22.3 Å². The number of aryl methyl sites for hydroxylation is 1. The fourth-order valence-electron chi connectivity index (χ4n) is 5.62. The zero-order valence-corrected chi connectivity index (χ0v) is 26.1. The molecule has 6 rings (SSSR count). The van der Waals surface area contributed by atoms with E-state index in [2.05, 4.69) is 11.1 Å². The Labute approximate surface area is 273 Å². The van der Waals surface area contributed by atoms with E-state index < -0.39 is 17.7 Å². The second-order valence-electron chi connectivity index (χ2n) is 11.3. The minimum absolute atomic E-state index is 0.0210. The van der Waals surface area contributed by atoms with Crippen molar-refractivity contribution in [2.24, 2.45) is 0 Å². The van der Waals surface area contributed by atoms with E-state index in [-0.39, 0.29) is 17.9 Å². The number of likely N-dealkylation sites (tertiary alicyclic amines) is 1. The molecule has 4 aromatic carbocycles. The Morgan fingerprint density at radius 1 is 0.787 bits per heavy atom. The van der Waals surface area contributed by atoms with Crippen molar-refractivity contribution in [3.8, 4) is 17.2 Å². The molecule has 1 saturated heterocycles. The Balaban J connectivity index is 1.33. The molecule has 2 heterocycles. The summed E-state index contributed by atoms with van der Waals surface area (Å²) in [5.41, 5.74) is 4.86. The summed E-state index contributed by atoms with van der Waals surface area (Å²) in [6, 6.07) is 32.6. The zero-order valence-electron chi connectivity index (χ0n) is 26.1. The lowest BCUT2D eigenvalue weighted by Gasteiger charge is -2.26. The summed E-state index contributed by atoms with van der Waals surface area (Å²) in [5.74, 6) is -0.240. The Bertz CT molecular complexity index is 1910. The Morgan fingerprint density at radius 2 is 1.53 bits per heavy atom. The van der Waals surface area contributed by atoms with Crippen LogP contribution in [-0.2, 0) is 29.3 Å². The second kappa shape index (κ2) is 14.0. The summed E-state index contributed by atoms with van der Waals surface area (Å²) in [5, 5.41) is 11.6. The highest BCUT2D eigenvalue weighted by Crippen LogP contribution is 2.43. The Kier molecular flexibility index (Phi) is 9.29. The quantitative estimate of drug-likeness (QED) is 0.0942. The molecule has 1 aromatic heterocycles. The molecule has 0 spiro atoms. The van der Waals surface area contributed by atoms with Crippen molar-refractivity contribution in [3.05, 3.63) is 161 Å². The van der Waals surface area contributed by atoms with Crippen molar-refractivity contribution >= 4 is 17.4 Å². The maximum absolute atomic E-state index is 13.6. The van der Waals surface area contributed by atoms with Crippen LogP contribution in [0.4, 0.5) is 0 Å². The molecule has 8 heteroatoms. The number of aliphatic hydroxyl groups excluding tert-OH is 1. The zero-order chi connectivity index (χ0) is 32.8. The standard InChI is InChI=1S/C39H34N2O6/c1-26-8-6-11-28(20-26)25-46-32-16-13-30(14-17-32)37(42)35-36(41(39(44)38(35)43)23-29-12-7-19-40-22-29)31-15-18-33(34(21-31)45-2)47-24-27-9-4-3-5-10-27/h3-22,36,42H,23-25H2,1-2H3. The molecule has 8 nitrogen and oxygen atoms in total. The fourth-order valence-corrected chi connectivity index (χ4v) is 5.62. The summed E-state index contributed by atoms with van der Waals surface area (Å²) in [6.07, 6.45) is 3.29. The summed E-state index contributed by atoms with van der Waals surface area (Å²) in [7, 11) is 1.53. The molecule has 5 aromatic rings. The number of rotatable bonds is 11. The molecule has 0 radical (unpaired) electrons. The first kappa shape index (κ1) is 31.1. The predicted octanol–water partition coefficient (Wildman–Crippen LogP) is 7.18. The van der Waals surface area contributed by atoms with E-state index in [9.17, 15) is 14.7 Å². The van der Waals surface area contributed by atoms with Gasteiger partial charge in [-0.1, -0.05) is 72.3 Å². The number of ether oxygens (including phenoxy) is 3. The van der Waals surface area contributed by atoms with Crippen LogP contribution < -0.4 is 14.2 Å². The summed E-state index contributed by atoms with van der Waals surface area (Å²) in [4.78, 5) is 32.8. The molecule has 1 aliphatic heterocycles. The number of carbonyl (C=O) groups excluding carboxylic acids is 2. The molecule has 47 heavy (non-hydrogen) atoms. The lowest BCUT2D eigenvalue weighted by molar-refractivity contribution is -0.140. The number of aliphatic hydroxyl groups is 1. The van der Waals surface area contributed by atoms with Crippen molar-refractivity contribution < 1.29 is 28.9 Å². The van der Waals surface area contributed by atoms with E-state index in [1.54, 1.807) is 60.9 Å². The number of hydrogen-bond acceptors (Lipinski definition) is 7. The van der Waals surface area contributed by atoms with Gasteiger partial charge in [0.25, 0.3) is 11.7 Å². The van der Waals surface area contributed by atoms with Crippen LogP contribution in [0.5, 0.6) is 17.2 Å². The number of methoxy groups -OCH3 is 1. The average Bonchev–Trinajstić information content (AvgIpc) is 3.35. The molecule has 1 amide bonds. The van der Waals surface area contributed by atoms with Crippen LogP contribution in [0.2, 0.25) is 0 Å². The van der Waals surface area contributed by atoms with Gasteiger partial charge in [-0.15, -0.1) is 0 Å².